The van der Waals surface area contributed by atoms with E-state index >= 15 is 0 Å². The first-order chi connectivity index (χ1) is 7.18. The van der Waals surface area contributed by atoms with Crippen molar-refractivity contribution in [3.05, 3.63) is 36.0 Å². The van der Waals surface area contributed by atoms with Gasteiger partial charge in [0.25, 0.3) is 5.91 Å². The molecule has 4 nitrogen and oxygen atoms in total. The van der Waals surface area contributed by atoms with Gasteiger partial charge in [-0.1, -0.05) is 18.2 Å². The molecule has 0 aliphatic carbocycles. The van der Waals surface area contributed by atoms with Crippen LogP contribution in [0.2, 0.25) is 0 Å². The number of carbonyl (C=O) groups is 2. The van der Waals surface area contributed by atoms with E-state index in [1.54, 1.807) is 6.20 Å². The molecule has 2 rings (SSSR count). The lowest BCUT2D eigenvalue weighted by atomic mass is 10.1. The molecule has 1 aromatic carbocycles. The number of fused-ring (bicyclic) bond motifs is 1. The molecule has 0 unspecified atom stereocenters. The average molecular weight is 202 g/mol. The van der Waals surface area contributed by atoms with Crippen molar-refractivity contribution in [3.8, 4) is 0 Å². The van der Waals surface area contributed by atoms with Crippen LogP contribution in [0.5, 0.6) is 0 Å². The summed E-state index contributed by atoms with van der Waals surface area (Å²) in [4.78, 5) is 24.8. The van der Waals surface area contributed by atoms with Crippen LogP contribution in [0, 0.1) is 0 Å². The number of amides is 1. The zero-order chi connectivity index (χ0) is 10.8. The van der Waals surface area contributed by atoms with Crippen LogP contribution in [-0.2, 0) is 16.0 Å². The highest BCUT2D eigenvalue weighted by Crippen LogP contribution is 2.17. The standard InChI is InChI=1S/C11H10N2O2/c12-11(15)10(14)5-7-6-13-9-4-2-1-3-8(7)9/h1-4,6,13H,5H2,(H2,12,15). The van der Waals surface area contributed by atoms with Crippen LogP contribution in [0.15, 0.2) is 30.5 Å². The van der Waals surface area contributed by atoms with Gasteiger partial charge >= 0.3 is 0 Å². The van der Waals surface area contributed by atoms with Crippen molar-refractivity contribution in [1.29, 1.82) is 0 Å². The highest BCUT2D eigenvalue weighted by Gasteiger charge is 2.12. The molecule has 76 valence electrons. The maximum Gasteiger partial charge on any atom is 0.285 e. The van der Waals surface area contributed by atoms with Crippen LogP contribution in [0.1, 0.15) is 5.56 Å². The van der Waals surface area contributed by atoms with E-state index in [2.05, 4.69) is 4.98 Å². The van der Waals surface area contributed by atoms with E-state index in [9.17, 15) is 9.59 Å². The Labute approximate surface area is 86.1 Å². The number of hydrogen-bond acceptors (Lipinski definition) is 2. The highest BCUT2D eigenvalue weighted by molar-refractivity contribution is 6.36. The molecule has 0 spiro atoms. The summed E-state index contributed by atoms with van der Waals surface area (Å²) in [6.45, 7) is 0. The third kappa shape index (κ3) is 1.74. The first-order valence-electron chi connectivity index (χ1n) is 4.56. The summed E-state index contributed by atoms with van der Waals surface area (Å²) < 4.78 is 0. The quantitative estimate of drug-likeness (QED) is 0.721. The number of primary amides is 1. The average Bonchev–Trinajstić information content (AvgIpc) is 2.62. The van der Waals surface area contributed by atoms with Gasteiger partial charge in [0.2, 0.25) is 5.78 Å². The fraction of sp³-hybridized carbons (Fsp3) is 0.0909. The zero-order valence-corrected chi connectivity index (χ0v) is 7.99. The molecule has 4 heteroatoms. The smallest absolute Gasteiger partial charge is 0.285 e. The number of Topliss-reactive ketones (excluding diaryl/α,β-unsaturated/α-hetero) is 1. The highest BCUT2D eigenvalue weighted by atomic mass is 16.2. The number of aromatic nitrogens is 1. The molecule has 3 N–H and O–H groups in total. The Morgan fingerprint density at radius 1 is 1.27 bits per heavy atom. The SMILES string of the molecule is NC(=O)C(=O)Cc1c[nH]c2ccccc12. The molecule has 0 atom stereocenters. The summed E-state index contributed by atoms with van der Waals surface area (Å²) in [5.41, 5.74) is 6.65. The van der Waals surface area contributed by atoms with Crippen molar-refractivity contribution in [1.82, 2.24) is 4.98 Å². The topological polar surface area (TPSA) is 76.0 Å². The predicted molar refractivity (Wildman–Crippen MR) is 56.2 cm³/mol. The van der Waals surface area contributed by atoms with Gasteiger partial charge in [-0.2, -0.15) is 0 Å². The van der Waals surface area contributed by atoms with Crippen molar-refractivity contribution in [2.45, 2.75) is 6.42 Å². The molecule has 0 saturated carbocycles. The van der Waals surface area contributed by atoms with E-state index in [1.165, 1.54) is 0 Å². The third-order valence-corrected chi connectivity index (χ3v) is 2.30. The second-order valence-electron chi connectivity index (χ2n) is 3.32. The molecule has 15 heavy (non-hydrogen) atoms. The molecule has 0 bridgehead atoms. The molecule has 0 aliphatic rings. The predicted octanol–water partition coefficient (Wildman–Crippen LogP) is 0.765. The Balaban J connectivity index is 2.37. The third-order valence-electron chi connectivity index (χ3n) is 2.30. The molecular formula is C11H10N2O2. The number of carbonyl (C=O) groups excluding carboxylic acids is 2. The summed E-state index contributed by atoms with van der Waals surface area (Å²) in [5, 5.41) is 0.951. The lowest BCUT2D eigenvalue weighted by Crippen LogP contribution is -2.24. The fourth-order valence-electron chi connectivity index (χ4n) is 1.54. The number of nitrogens with one attached hydrogen (secondary N) is 1. The number of ketones is 1. The fourth-order valence-corrected chi connectivity index (χ4v) is 1.54. The summed E-state index contributed by atoms with van der Waals surface area (Å²) in [6.07, 6.45) is 1.78. The van der Waals surface area contributed by atoms with E-state index in [4.69, 9.17) is 5.73 Å². The van der Waals surface area contributed by atoms with E-state index in [0.717, 1.165) is 16.5 Å². The number of benzene rings is 1. The lowest BCUT2D eigenvalue weighted by molar-refractivity contribution is -0.135. The number of rotatable bonds is 3. The van der Waals surface area contributed by atoms with Gasteiger partial charge in [-0.25, -0.2) is 0 Å². The van der Waals surface area contributed by atoms with Gasteiger partial charge in [-0.05, 0) is 11.6 Å². The van der Waals surface area contributed by atoms with Gasteiger partial charge in [0.15, 0.2) is 0 Å². The number of nitrogens with two attached hydrogens (primary N) is 1. The number of aromatic amines is 1. The molecule has 1 aromatic heterocycles. The summed E-state index contributed by atoms with van der Waals surface area (Å²) >= 11 is 0. The van der Waals surface area contributed by atoms with Crippen LogP contribution >= 0.6 is 0 Å². The summed E-state index contributed by atoms with van der Waals surface area (Å²) in [5.74, 6) is -1.46. The van der Waals surface area contributed by atoms with Crippen molar-refractivity contribution in [2.24, 2.45) is 5.73 Å². The molecule has 1 heterocycles. The van der Waals surface area contributed by atoms with Crippen LogP contribution in [0.4, 0.5) is 0 Å². The van der Waals surface area contributed by atoms with Gasteiger partial charge in [0.05, 0.1) is 0 Å². The summed E-state index contributed by atoms with van der Waals surface area (Å²) in [7, 11) is 0. The first-order valence-corrected chi connectivity index (χ1v) is 4.56. The molecule has 0 radical (unpaired) electrons. The van der Waals surface area contributed by atoms with Gasteiger partial charge in [-0.3, -0.25) is 9.59 Å². The molecule has 0 aliphatic heterocycles. The van der Waals surface area contributed by atoms with E-state index in [-0.39, 0.29) is 6.42 Å². The second-order valence-corrected chi connectivity index (χ2v) is 3.32. The largest absolute Gasteiger partial charge is 0.363 e. The molecule has 0 saturated heterocycles. The van der Waals surface area contributed by atoms with Crippen molar-refractivity contribution in [2.75, 3.05) is 0 Å². The normalized spacial score (nSPS) is 10.4. The minimum atomic E-state index is -0.889. The second kappa shape index (κ2) is 3.57. The van der Waals surface area contributed by atoms with E-state index in [0.29, 0.717) is 0 Å². The molecule has 1 amide bonds. The van der Waals surface area contributed by atoms with Gasteiger partial charge in [0.1, 0.15) is 0 Å². The number of hydrogen-bond donors (Lipinski definition) is 2. The first kappa shape index (κ1) is 9.45. The van der Waals surface area contributed by atoms with Crippen LogP contribution in [0.3, 0.4) is 0 Å². The van der Waals surface area contributed by atoms with E-state index in [1.807, 2.05) is 24.3 Å². The zero-order valence-electron chi connectivity index (χ0n) is 7.99. The minimum absolute atomic E-state index is 0.0549. The maximum absolute atomic E-state index is 11.2. The van der Waals surface area contributed by atoms with Crippen LogP contribution < -0.4 is 5.73 Å². The Bertz CT molecular complexity index is 528. The Morgan fingerprint density at radius 3 is 2.73 bits per heavy atom. The van der Waals surface area contributed by atoms with Gasteiger partial charge < -0.3 is 10.7 Å². The maximum atomic E-state index is 11.2. The lowest BCUT2D eigenvalue weighted by Gasteiger charge is -1.95. The van der Waals surface area contributed by atoms with Crippen molar-refractivity contribution in [3.63, 3.8) is 0 Å². The van der Waals surface area contributed by atoms with Crippen molar-refractivity contribution >= 4 is 22.6 Å². The molecule has 2 aromatic rings. The number of H-pyrrole nitrogens is 1. The van der Waals surface area contributed by atoms with Crippen LogP contribution in [0.25, 0.3) is 10.9 Å². The van der Waals surface area contributed by atoms with Crippen molar-refractivity contribution < 1.29 is 9.59 Å². The Kier molecular flexibility index (Phi) is 2.25. The van der Waals surface area contributed by atoms with Crippen LogP contribution in [-0.4, -0.2) is 16.7 Å². The Hall–Kier alpha value is -2.10. The number of para-hydroxylation sites is 1. The molecular weight excluding hydrogens is 192 g/mol. The van der Waals surface area contributed by atoms with E-state index < -0.39 is 11.7 Å². The van der Waals surface area contributed by atoms with Gasteiger partial charge in [-0.15, -0.1) is 0 Å². The molecule has 0 fully saturated rings. The summed E-state index contributed by atoms with van der Waals surface area (Å²) in [6, 6.07) is 7.59. The monoisotopic (exact) mass is 202 g/mol. The minimum Gasteiger partial charge on any atom is -0.363 e. The van der Waals surface area contributed by atoms with Gasteiger partial charge in [0, 0.05) is 23.5 Å². The Morgan fingerprint density at radius 2 is 2.00 bits per heavy atom.